The van der Waals surface area contributed by atoms with Gasteiger partial charge in [0, 0.05) is 18.2 Å². The predicted octanol–water partition coefficient (Wildman–Crippen LogP) is 3.76. The molecule has 0 amide bonds. The SMILES string of the molecule is Fc1ccc(F)c2c1CCC2N1CCC(CN2CCCC2)CC1. The molecule has 0 radical (unpaired) electrons. The van der Waals surface area contributed by atoms with Crippen molar-refractivity contribution in [3.63, 3.8) is 0 Å². The molecule has 0 aromatic heterocycles. The van der Waals surface area contributed by atoms with Crippen molar-refractivity contribution in [1.82, 2.24) is 9.80 Å². The van der Waals surface area contributed by atoms with Crippen LogP contribution in [0, 0.1) is 17.6 Å². The van der Waals surface area contributed by atoms with Crippen molar-refractivity contribution in [3.8, 4) is 0 Å². The maximum atomic E-state index is 14.2. The van der Waals surface area contributed by atoms with Crippen LogP contribution >= 0.6 is 0 Å². The molecule has 2 heterocycles. The van der Waals surface area contributed by atoms with Gasteiger partial charge in [-0.2, -0.15) is 0 Å². The Morgan fingerprint density at radius 2 is 1.61 bits per heavy atom. The molecule has 0 N–H and O–H groups in total. The van der Waals surface area contributed by atoms with Gasteiger partial charge in [0.15, 0.2) is 0 Å². The minimum atomic E-state index is -0.229. The van der Waals surface area contributed by atoms with E-state index in [1.807, 2.05) is 0 Å². The van der Waals surface area contributed by atoms with Crippen molar-refractivity contribution >= 4 is 0 Å². The van der Waals surface area contributed by atoms with E-state index in [2.05, 4.69) is 9.80 Å². The summed E-state index contributed by atoms with van der Waals surface area (Å²) in [5, 5.41) is 0. The monoisotopic (exact) mass is 320 g/mol. The molecule has 1 aliphatic carbocycles. The van der Waals surface area contributed by atoms with Crippen molar-refractivity contribution in [1.29, 1.82) is 0 Å². The molecule has 2 aliphatic heterocycles. The van der Waals surface area contributed by atoms with Crippen LogP contribution < -0.4 is 0 Å². The van der Waals surface area contributed by atoms with Gasteiger partial charge in [-0.1, -0.05) is 0 Å². The average Bonchev–Trinajstić information content (AvgIpc) is 3.22. The van der Waals surface area contributed by atoms with Crippen LogP contribution in [0.1, 0.15) is 49.3 Å². The summed E-state index contributed by atoms with van der Waals surface area (Å²) in [5.74, 6) is 0.332. The van der Waals surface area contributed by atoms with E-state index in [1.165, 1.54) is 57.5 Å². The van der Waals surface area contributed by atoms with E-state index in [0.29, 0.717) is 17.5 Å². The number of nitrogens with zero attached hydrogens (tertiary/aromatic N) is 2. The van der Waals surface area contributed by atoms with E-state index in [4.69, 9.17) is 0 Å². The maximum absolute atomic E-state index is 14.2. The predicted molar refractivity (Wildman–Crippen MR) is 87.4 cm³/mol. The zero-order valence-corrected chi connectivity index (χ0v) is 13.7. The molecule has 126 valence electrons. The van der Waals surface area contributed by atoms with E-state index in [9.17, 15) is 8.78 Å². The first-order valence-electron chi connectivity index (χ1n) is 9.15. The van der Waals surface area contributed by atoms with E-state index >= 15 is 0 Å². The van der Waals surface area contributed by atoms with E-state index in [-0.39, 0.29) is 17.7 Å². The average molecular weight is 320 g/mol. The molecule has 4 rings (SSSR count). The molecule has 2 nitrogen and oxygen atoms in total. The van der Waals surface area contributed by atoms with Crippen LogP contribution in [0.2, 0.25) is 0 Å². The molecule has 2 saturated heterocycles. The molecule has 1 unspecified atom stereocenters. The normalized spacial score (nSPS) is 26.8. The maximum Gasteiger partial charge on any atom is 0.128 e. The number of benzene rings is 1. The van der Waals surface area contributed by atoms with Crippen LogP contribution in [-0.2, 0) is 6.42 Å². The molecular formula is C19H26F2N2. The molecule has 23 heavy (non-hydrogen) atoms. The lowest BCUT2D eigenvalue weighted by Crippen LogP contribution is -2.39. The number of hydrogen-bond donors (Lipinski definition) is 0. The summed E-state index contributed by atoms with van der Waals surface area (Å²) in [4.78, 5) is 5.00. The van der Waals surface area contributed by atoms with Crippen LogP contribution in [0.25, 0.3) is 0 Å². The summed E-state index contributed by atoms with van der Waals surface area (Å²) >= 11 is 0. The summed E-state index contributed by atoms with van der Waals surface area (Å²) in [7, 11) is 0. The lowest BCUT2D eigenvalue weighted by Gasteiger charge is -2.37. The summed E-state index contributed by atoms with van der Waals surface area (Å²) in [6, 6.07) is 2.67. The van der Waals surface area contributed by atoms with Crippen LogP contribution in [0.15, 0.2) is 12.1 Å². The standard InChI is InChI=1S/C19H26F2N2/c20-16-4-5-17(21)19-15(16)3-6-18(19)23-11-7-14(8-12-23)13-22-9-1-2-10-22/h4-5,14,18H,1-3,6-13H2. The van der Waals surface area contributed by atoms with Crippen molar-refractivity contribution in [2.24, 2.45) is 5.92 Å². The molecule has 3 aliphatic rings. The van der Waals surface area contributed by atoms with Crippen molar-refractivity contribution in [3.05, 3.63) is 34.9 Å². The van der Waals surface area contributed by atoms with Crippen LogP contribution in [0.4, 0.5) is 8.78 Å². The summed E-state index contributed by atoms with van der Waals surface area (Å²) in [6.45, 7) is 5.82. The van der Waals surface area contributed by atoms with E-state index in [1.54, 1.807) is 0 Å². The number of likely N-dealkylation sites (tertiary alicyclic amines) is 2. The van der Waals surface area contributed by atoms with Gasteiger partial charge in [0.1, 0.15) is 11.6 Å². The number of piperidine rings is 1. The number of hydrogen-bond acceptors (Lipinski definition) is 2. The number of fused-ring (bicyclic) bond motifs is 1. The molecule has 0 spiro atoms. The quantitative estimate of drug-likeness (QED) is 0.837. The lowest BCUT2D eigenvalue weighted by molar-refractivity contribution is 0.113. The molecule has 1 aromatic carbocycles. The van der Waals surface area contributed by atoms with Gasteiger partial charge in [-0.3, -0.25) is 4.90 Å². The highest BCUT2D eigenvalue weighted by Gasteiger charge is 2.34. The Labute approximate surface area is 137 Å². The molecule has 0 saturated carbocycles. The number of rotatable bonds is 3. The number of halogens is 2. The zero-order chi connectivity index (χ0) is 15.8. The van der Waals surface area contributed by atoms with Gasteiger partial charge in [-0.25, -0.2) is 8.78 Å². The first-order chi connectivity index (χ1) is 11.2. The van der Waals surface area contributed by atoms with Crippen molar-refractivity contribution in [2.45, 2.75) is 44.6 Å². The third-order valence-electron chi connectivity index (χ3n) is 6.05. The Bertz CT molecular complexity index is 561. The van der Waals surface area contributed by atoms with Gasteiger partial charge in [-0.15, -0.1) is 0 Å². The zero-order valence-electron chi connectivity index (χ0n) is 13.7. The Kier molecular flexibility index (Phi) is 4.37. The summed E-state index contributed by atoms with van der Waals surface area (Å²) < 4.78 is 28.1. The summed E-state index contributed by atoms with van der Waals surface area (Å²) in [5.41, 5.74) is 1.26. The second-order valence-electron chi connectivity index (χ2n) is 7.46. The first kappa shape index (κ1) is 15.5. The topological polar surface area (TPSA) is 6.48 Å². The molecule has 1 aromatic rings. The molecule has 1 atom stereocenters. The Hall–Kier alpha value is -1.00. The van der Waals surface area contributed by atoms with Gasteiger partial charge < -0.3 is 4.90 Å². The third kappa shape index (κ3) is 3.03. The smallest absolute Gasteiger partial charge is 0.128 e. The highest BCUT2D eigenvalue weighted by molar-refractivity contribution is 5.37. The van der Waals surface area contributed by atoms with Gasteiger partial charge in [0.2, 0.25) is 0 Å². The molecular weight excluding hydrogens is 294 g/mol. The van der Waals surface area contributed by atoms with Gasteiger partial charge in [-0.05, 0) is 88.3 Å². The van der Waals surface area contributed by atoms with Crippen LogP contribution in [-0.4, -0.2) is 42.5 Å². The first-order valence-corrected chi connectivity index (χ1v) is 9.15. The molecule has 0 bridgehead atoms. The largest absolute Gasteiger partial charge is 0.303 e. The highest BCUT2D eigenvalue weighted by atomic mass is 19.1. The van der Waals surface area contributed by atoms with E-state index < -0.39 is 0 Å². The fraction of sp³-hybridized carbons (Fsp3) is 0.684. The van der Waals surface area contributed by atoms with Crippen molar-refractivity contribution in [2.75, 3.05) is 32.7 Å². The Balaban J connectivity index is 1.39. The molecule has 4 heteroatoms. The Morgan fingerprint density at radius 1 is 0.913 bits per heavy atom. The fourth-order valence-electron chi connectivity index (χ4n) is 4.79. The van der Waals surface area contributed by atoms with E-state index in [0.717, 1.165) is 25.4 Å². The molecule has 2 fully saturated rings. The lowest BCUT2D eigenvalue weighted by atomic mass is 9.94. The van der Waals surface area contributed by atoms with Gasteiger partial charge >= 0.3 is 0 Å². The summed E-state index contributed by atoms with van der Waals surface area (Å²) in [6.07, 6.45) is 6.63. The van der Waals surface area contributed by atoms with Crippen molar-refractivity contribution < 1.29 is 8.78 Å². The second kappa shape index (κ2) is 6.48. The minimum absolute atomic E-state index is 0.0911. The minimum Gasteiger partial charge on any atom is -0.303 e. The second-order valence-corrected chi connectivity index (χ2v) is 7.46. The highest BCUT2D eigenvalue weighted by Crippen LogP contribution is 2.40. The van der Waals surface area contributed by atoms with Gasteiger partial charge in [0.25, 0.3) is 0 Å². The van der Waals surface area contributed by atoms with Crippen LogP contribution in [0.3, 0.4) is 0 Å². The third-order valence-corrected chi connectivity index (χ3v) is 6.05. The van der Waals surface area contributed by atoms with Crippen LogP contribution in [0.5, 0.6) is 0 Å². The fourth-order valence-corrected chi connectivity index (χ4v) is 4.79. The van der Waals surface area contributed by atoms with Gasteiger partial charge in [0.05, 0.1) is 0 Å². The Morgan fingerprint density at radius 3 is 2.35 bits per heavy atom.